The van der Waals surface area contributed by atoms with Gasteiger partial charge in [0.05, 0.1) is 13.0 Å². The first-order valence-electron chi connectivity index (χ1n) is 7.22. The fraction of sp³-hybridized carbons (Fsp3) is 0.562. The number of ether oxygens (including phenoxy) is 2. The largest absolute Gasteiger partial charge is 0.493 e. The first-order valence-corrected chi connectivity index (χ1v) is 7.22. The standard InChI is InChI=1S/C16H23NO3/c1-3-17-10-9-13(11-17)15(16(18)19-2)12-20-14-7-5-4-6-8-14/h4-8,13,15H,3,9-12H2,1-2H3. The quantitative estimate of drug-likeness (QED) is 0.747. The highest BCUT2D eigenvalue weighted by molar-refractivity contribution is 5.73. The van der Waals surface area contributed by atoms with E-state index < -0.39 is 0 Å². The molecule has 1 heterocycles. The smallest absolute Gasteiger partial charge is 0.312 e. The summed E-state index contributed by atoms with van der Waals surface area (Å²) >= 11 is 0. The normalized spacial score (nSPS) is 20.6. The molecule has 0 saturated carbocycles. The monoisotopic (exact) mass is 277 g/mol. The SMILES string of the molecule is CCN1CCC(C(COc2ccccc2)C(=O)OC)C1. The van der Waals surface area contributed by atoms with Crippen molar-refractivity contribution in [1.29, 1.82) is 0 Å². The molecule has 1 fully saturated rings. The number of rotatable bonds is 6. The van der Waals surface area contributed by atoms with Crippen molar-refractivity contribution in [2.24, 2.45) is 11.8 Å². The van der Waals surface area contributed by atoms with Gasteiger partial charge in [0.15, 0.2) is 0 Å². The summed E-state index contributed by atoms with van der Waals surface area (Å²) in [4.78, 5) is 14.4. The number of benzene rings is 1. The average molecular weight is 277 g/mol. The summed E-state index contributed by atoms with van der Waals surface area (Å²) in [6.45, 7) is 5.58. The molecule has 4 heteroatoms. The molecular formula is C16H23NO3. The van der Waals surface area contributed by atoms with Crippen molar-refractivity contribution in [1.82, 2.24) is 4.90 Å². The molecule has 1 aromatic carbocycles. The van der Waals surface area contributed by atoms with E-state index in [0.717, 1.165) is 31.8 Å². The Morgan fingerprint density at radius 1 is 1.40 bits per heavy atom. The molecule has 1 aliphatic rings. The van der Waals surface area contributed by atoms with E-state index in [2.05, 4.69) is 11.8 Å². The van der Waals surface area contributed by atoms with Crippen LogP contribution in [0.5, 0.6) is 5.75 Å². The Kier molecular flexibility index (Phi) is 5.41. The Morgan fingerprint density at radius 3 is 2.75 bits per heavy atom. The fourth-order valence-electron chi connectivity index (χ4n) is 2.73. The van der Waals surface area contributed by atoms with Crippen molar-refractivity contribution in [3.8, 4) is 5.75 Å². The summed E-state index contributed by atoms with van der Waals surface area (Å²) in [5.74, 6) is 0.776. The average Bonchev–Trinajstić information content (AvgIpc) is 2.97. The van der Waals surface area contributed by atoms with Crippen LogP contribution >= 0.6 is 0 Å². The first kappa shape index (κ1) is 14.9. The van der Waals surface area contributed by atoms with Crippen LogP contribution in [-0.2, 0) is 9.53 Å². The summed E-state index contributed by atoms with van der Waals surface area (Å²) in [6, 6.07) is 9.61. The molecule has 2 atom stereocenters. The third-order valence-electron chi connectivity index (χ3n) is 4.00. The predicted octanol–water partition coefficient (Wildman–Crippen LogP) is 2.20. The van der Waals surface area contributed by atoms with E-state index in [1.165, 1.54) is 7.11 Å². The van der Waals surface area contributed by atoms with Gasteiger partial charge in [0, 0.05) is 6.54 Å². The zero-order chi connectivity index (χ0) is 14.4. The number of hydrogen-bond donors (Lipinski definition) is 0. The second kappa shape index (κ2) is 7.29. The van der Waals surface area contributed by atoms with E-state index in [1.807, 2.05) is 30.3 Å². The van der Waals surface area contributed by atoms with Crippen molar-refractivity contribution >= 4 is 5.97 Å². The van der Waals surface area contributed by atoms with Crippen LogP contribution in [0.4, 0.5) is 0 Å². The van der Waals surface area contributed by atoms with E-state index in [1.54, 1.807) is 0 Å². The lowest BCUT2D eigenvalue weighted by molar-refractivity contribution is -0.148. The molecule has 0 spiro atoms. The zero-order valence-electron chi connectivity index (χ0n) is 12.2. The summed E-state index contributed by atoms with van der Waals surface area (Å²) in [7, 11) is 1.45. The number of para-hydroxylation sites is 1. The molecule has 2 rings (SSSR count). The highest BCUT2D eigenvalue weighted by Gasteiger charge is 2.34. The third kappa shape index (κ3) is 3.73. The minimum absolute atomic E-state index is 0.163. The topological polar surface area (TPSA) is 38.8 Å². The molecule has 20 heavy (non-hydrogen) atoms. The Labute approximate surface area is 120 Å². The van der Waals surface area contributed by atoms with Crippen LogP contribution in [0.3, 0.4) is 0 Å². The second-order valence-electron chi connectivity index (χ2n) is 5.20. The molecule has 0 radical (unpaired) electrons. The number of esters is 1. The molecule has 0 aromatic heterocycles. The maximum atomic E-state index is 12.0. The van der Waals surface area contributed by atoms with Crippen molar-refractivity contribution in [2.45, 2.75) is 13.3 Å². The van der Waals surface area contributed by atoms with Crippen LogP contribution in [-0.4, -0.2) is 44.2 Å². The van der Waals surface area contributed by atoms with Crippen LogP contribution < -0.4 is 4.74 Å². The lowest BCUT2D eigenvalue weighted by Gasteiger charge is -2.22. The van der Waals surface area contributed by atoms with Gasteiger partial charge in [-0.05, 0) is 37.6 Å². The van der Waals surface area contributed by atoms with Crippen LogP contribution in [0.25, 0.3) is 0 Å². The van der Waals surface area contributed by atoms with Gasteiger partial charge < -0.3 is 14.4 Å². The number of nitrogens with zero attached hydrogens (tertiary/aromatic N) is 1. The number of methoxy groups -OCH3 is 1. The minimum atomic E-state index is -0.184. The maximum absolute atomic E-state index is 12.0. The maximum Gasteiger partial charge on any atom is 0.312 e. The molecule has 0 aliphatic carbocycles. The van der Waals surface area contributed by atoms with Crippen LogP contribution in [0.2, 0.25) is 0 Å². The van der Waals surface area contributed by atoms with E-state index in [-0.39, 0.29) is 11.9 Å². The lowest BCUT2D eigenvalue weighted by atomic mass is 9.92. The summed E-state index contributed by atoms with van der Waals surface area (Å²) in [5, 5.41) is 0. The Bertz CT molecular complexity index is 421. The van der Waals surface area contributed by atoms with Gasteiger partial charge >= 0.3 is 5.97 Å². The molecular weight excluding hydrogens is 254 g/mol. The molecule has 110 valence electrons. The molecule has 1 saturated heterocycles. The van der Waals surface area contributed by atoms with Gasteiger partial charge in [-0.25, -0.2) is 0 Å². The molecule has 0 N–H and O–H groups in total. The molecule has 1 aliphatic heterocycles. The number of carbonyl (C=O) groups is 1. The Hall–Kier alpha value is -1.55. The highest BCUT2D eigenvalue weighted by Crippen LogP contribution is 2.26. The molecule has 4 nitrogen and oxygen atoms in total. The van der Waals surface area contributed by atoms with Crippen LogP contribution in [0.1, 0.15) is 13.3 Å². The van der Waals surface area contributed by atoms with Crippen LogP contribution in [0.15, 0.2) is 30.3 Å². The summed E-state index contributed by atoms with van der Waals surface area (Å²) in [5.41, 5.74) is 0. The van der Waals surface area contributed by atoms with E-state index >= 15 is 0 Å². The second-order valence-corrected chi connectivity index (χ2v) is 5.20. The summed E-state index contributed by atoms with van der Waals surface area (Å²) in [6.07, 6.45) is 1.03. The Morgan fingerprint density at radius 2 is 2.15 bits per heavy atom. The van der Waals surface area contributed by atoms with Gasteiger partial charge in [-0.1, -0.05) is 25.1 Å². The number of hydrogen-bond acceptors (Lipinski definition) is 4. The first-order chi connectivity index (χ1) is 9.74. The van der Waals surface area contributed by atoms with Gasteiger partial charge in [-0.3, -0.25) is 4.79 Å². The van der Waals surface area contributed by atoms with E-state index in [0.29, 0.717) is 12.5 Å². The van der Waals surface area contributed by atoms with Crippen molar-refractivity contribution in [2.75, 3.05) is 33.4 Å². The molecule has 0 amide bonds. The molecule has 0 bridgehead atoms. The zero-order valence-corrected chi connectivity index (χ0v) is 12.2. The molecule has 1 aromatic rings. The fourth-order valence-corrected chi connectivity index (χ4v) is 2.73. The van der Waals surface area contributed by atoms with Crippen molar-refractivity contribution in [3.05, 3.63) is 30.3 Å². The third-order valence-corrected chi connectivity index (χ3v) is 4.00. The highest BCUT2D eigenvalue weighted by atomic mass is 16.5. The van der Waals surface area contributed by atoms with E-state index in [9.17, 15) is 4.79 Å². The van der Waals surface area contributed by atoms with E-state index in [4.69, 9.17) is 9.47 Å². The summed E-state index contributed by atoms with van der Waals surface area (Å²) < 4.78 is 10.7. The minimum Gasteiger partial charge on any atom is -0.493 e. The van der Waals surface area contributed by atoms with Gasteiger partial charge in [0.2, 0.25) is 0 Å². The van der Waals surface area contributed by atoms with Gasteiger partial charge in [0.1, 0.15) is 12.4 Å². The molecule has 2 unspecified atom stereocenters. The van der Waals surface area contributed by atoms with Crippen LogP contribution in [0, 0.1) is 11.8 Å². The lowest BCUT2D eigenvalue weighted by Crippen LogP contribution is -2.32. The predicted molar refractivity (Wildman–Crippen MR) is 77.7 cm³/mol. The number of carbonyl (C=O) groups excluding carboxylic acids is 1. The van der Waals surface area contributed by atoms with Crippen molar-refractivity contribution in [3.63, 3.8) is 0 Å². The van der Waals surface area contributed by atoms with Gasteiger partial charge in [-0.2, -0.15) is 0 Å². The van der Waals surface area contributed by atoms with Gasteiger partial charge in [-0.15, -0.1) is 0 Å². The van der Waals surface area contributed by atoms with Crippen molar-refractivity contribution < 1.29 is 14.3 Å². The Balaban J connectivity index is 1.96. The number of likely N-dealkylation sites (tertiary alicyclic amines) is 1. The van der Waals surface area contributed by atoms with Gasteiger partial charge in [0.25, 0.3) is 0 Å².